The lowest BCUT2D eigenvalue weighted by atomic mass is 9.97. The fourth-order valence-corrected chi connectivity index (χ4v) is 5.18. The molecule has 1 fully saturated rings. The van der Waals surface area contributed by atoms with Gasteiger partial charge in [0.1, 0.15) is 11.9 Å². The van der Waals surface area contributed by atoms with E-state index in [2.05, 4.69) is 21.6 Å². The number of fused-ring (bicyclic) bond motifs is 1. The average Bonchev–Trinajstić information content (AvgIpc) is 3.46. The Balaban J connectivity index is 1.43. The molecule has 33 heavy (non-hydrogen) atoms. The number of halogens is 3. The van der Waals surface area contributed by atoms with Crippen LogP contribution in [-0.4, -0.2) is 34.5 Å². The maximum atomic E-state index is 14.0. The second-order valence-electron chi connectivity index (χ2n) is 8.37. The number of aromatic nitrogens is 3. The molecular weight excluding hydrogens is 468 g/mol. The lowest BCUT2D eigenvalue weighted by Crippen LogP contribution is -2.29. The molecule has 174 valence electrons. The third-order valence-corrected chi connectivity index (χ3v) is 7.01. The van der Waals surface area contributed by atoms with Crippen LogP contribution in [0.15, 0.2) is 30.7 Å². The summed E-state index contributed by atoms with van der Waals surface area (Å²) in [5.74, 6) is 0.387. The van der Waals surface area contributed by atoms with Crippen LogP contribution in [0.3, 0.4) is 0 Å². The standard InChI is InChI=1S/C23H24Cl2FN5O2/c1-12(19-17(24)2-3-18(26)20(19)25)33-22-21-15(9-29-23(22)27)16(11-32-21)13-8-30-31(10-13)14-4-6-28-7-5-14/h2-3,8-10,12,14,16,28H,4-7,11H2,1H3,(H2,27,29)/t12-,16?/m1/s1. The van der Waals surface area contributed by atoms with Gasteiger partial charge in [-0.3, -0.25) is 4.68 Å². The molecule has 5 rings (SSSR count). The number of benzene rings is 1. The lowest BCUT2D eigenvalue weighted by Gasteiger charge is -2.22. The SMILES string of the molecule is C[C@@H](Oc1c(N)ncc2c1OCC2c1cnn(C2CCNCC2)c1)c1c(Cl)ccc(F)c1Cl. The van der Waals surface area contributed by atoms with Gasteiger partial charge < -0.3 is 20.5 Å². The summed E-state index contributed by atoms with van der Waals surface area (Å²) >= 11 is 12.4. The molecule has 2 aliphatic heterocycles. The van der Waals surface area contributed by atoms with Crippen LogP contribution < -0.4 is 20.5 Å². The topological polar surface area (TPSA) is 87.2 Å². The molecule has 0 bridgehead atoms. The fourth-order valence-electron chi connectivity index (χ4n) is 4.50. The van der Waals surface area contributed by atoms with Gasteiger partial charge in [-0.1, -0.05) is 23.2 Å². The van der Waals surface area contributed by atoms with Crippen LogP contribution in [0.5, 0.6) is 11.5 Å². The van der Waals surface area contributed by atoms with Crippen molar-refractivity contribution in [1.29, 1.82) is 0 Å². The molecule has 2 atom stereocenters. The summed E-state index contributed by atoms with van der Waals surface area (Å²) < 4.78 is 28.2. The van der Waals surface area contributed by atoms with Gasteiger partial charge in [0.2, 0.25) is 5.75 Å². The number of nitrogens with zero attached hydrogens (tertiary/aromatic N) is 3. The first-order valence-electron chi connectivity index (χ1n) is 10.9. The molecule has 1 unspecified atom stereocenters. The van der Waals surface area contributed by atoms with Gasteiger partial charge >= 0.3 is 0 Å². The zero-order chi connectivity index (χ0) is 23.1. The summed E-state index contributed by atoms with van der Waals surface area (Å²) in [4.78, 5) is 4.33. The van der Waals surface area contributed by atoms with Crippen LogP contribution in [0.25, 0.3) is 0 Å². The number of nitrogens with two attached hydrogens (primary N) is 1. The van der Waals surface area contributed by atoms with Crippen molar-refractivity contribution in [2.75, 3.05) is 25.4 Å². The Morgan fingerprint density at radius 2 is 2.06 bits per heavy atom. The Morgan fingerprint density at radius 3 is 2.85 bits per heavy atom. The number of rotatable bonds is 5. The van der Waals surface area contributed by atoms with E-state index in [1.54, 1.807) is 13.1 Å². The van der Waals surface area contributed by atoms with Crippen molar-refractivity contribution in [3.05, 3.63) is 63.3 Å². The van der Waals surface area contributed by atoms with Gasteiger partial charge in [0.25, 0.3) is 0 Å². The van der Waals surface area contributed by atoms with Gasteiger partial charge in [0, 0.05) is 34.1 Å². The maximum Gasteiger partial charge on any atom is 0.204 e. The first kappa shape index (κ1) is 22.3. The number of nitrogen functional groups attached to an aromatic ring is 1. The first-order chi connectivity index (χ1) is 15.9. The molecule has 4 heterocycles. The number of piperidine rings is 1. The zero-order valence-electron chi connectivity index (χ0n) is 18.0. The Hall–Kier alpha value is -2.55. The van der Waals surface area contributed by atoms with Gasteiger partial charge in [-0.15, -0.1) is 0 Å². The molecule has 2 aliphatic rings. The van der Waals surface area contributed by atoms with E-state index >= 15 is 0 Å². The molecule has 10 heteroatoms. The summed E-state index contributed by atoms with van der Waals surface area (Å²) in [6.07, 6.45) is 7.11. The van der Waals surface area contributed by atoms with E-state index in [1.165, 1.54) is 12.1 Å². The highest BCUT2D eigenvalue weighted by Gasteiger charge is 2.33. The summed E-state index contributed by atoms with van der Waals surface area (Å²) in [5, 5.41) is 8.20. The van der Waals surface area contributed by atoms with Gasteiger partial charge in [-0.2, -0.15) is 5.10 Å². The van der Waals surface area contributed by atoms with Crippen molar-refractivity contribution < 1.29 is 13.9 Å². The highest BCUT2D eigenvalue weighted by molar-refractivity contribution is 6.36. The van der Waals surface area contributed by atoms with E-state index in [9.17, 15) is 4.39 Å². The van der Waals surface area contributed by atoms with Gasteiger partial charge in [0.15, 0.2) is 11.6 Å². The largest absolute Gasteiger partial charge is 0.488 e. The Morgan fingerprint density at radius 1 is 1.27 bits per heavy atom. The fraction of sp³-hybridized carbons (Fsp3) is 0.391. The highest BCUT2D eigenvalue weighted by atomic mass is 35.5. The van der Waals surface area contributed by atoms with Crippen LogP contribution in [0.1, 0.15) is 54.5 Å². The minimum atomic E-state index is -0.679. The average molecular weight is 492 g/mol. The van der Waals surface area contributed by atoms with Crippen molar-refractivity contribution in [1.82, 2.24) is 20.1 Å². The number of hydrogen-bond donors (Lipinski definition) is 2. The van der Waals surface area contributed by atoms with E-state index in [0.29, 0.717) is 34.7 Å². The van der Waals surface area contributed by atoms with Crippen molar-refractivity contribution >= 4 is 29.0 Å². The van der Waals surface area contributed by atoms with Crippen molar-refractivity contribution in [2.45, 2.75) is 37.8 Å². The maximum absolute atomic E-state index is 14.0. The second kappa shape index (κ2) is 9.00. The quantitative estimate of drug-likeness (QED) is 0.493. The molecule has 0 radical (unpaired) electrons. The molecule has 1 saturated heterocycles. The van der Waals surface area contributed by atoms with Crippen LogP contribution in [0.4, 0.5) is 10.2 Å². The smallest absolute Gasteiger partial charge is 0.204 e. The molecule has 0 amide bonds. The van der Waals surface area contributed by atoms with E-state index in [1.807, 2.05) is 10.9 Å². The van der Waals surface area contributed by atoms with Crippen LogP contribution in [0, 0.1) is 5.82 Å². The highest BCUT2D eigenvalue weighted by Crippen LogP contribution is 2.47. The molecule has 2 aromatic heterocycles. The Labute approximate surface area is 201 Å². The van der Waals surface area contributed by atoms with Crippen LogP contribution in [0.2, 0.25) is 10.0 Å². The molecule has 3 aromatic rings. The van der Waals surface area contributed by atoms with E-state index in [4.69, 9.17) is 38.4 Å². The second-order valence-corrected chi connectivity index (χ2v) is 9.16. The lowest BCUT2D eigenvalue weighted by molar-refractivity contribution is 0.214. The number of ether oxygens (including phenoxy) is 2. The normalized spacial score (nSPS) is 19.2. The van der Waals surface area contributed by atoms with Crippen molar-refractivity contribution in [2.24, 2.45) is 0 Å². The molecular formula is C23H24Cl2FN5O2. The van der Waals surface area contributed by atoms with Gasteiger partial charge in [0.05, 0.1) is 29.8 Å². The van der Waals surface area contributed by atoms with E-state index in [-0.39, 0.29) is 16.8 Å². The Bertz CT molecular complexity index is 1180. The number of pyridine rings is 1. The first-order valence-corrected chi connectivity index (χ1v) is 11.7. The molecule has 0 spiro atoms. The molecule has 0 saturated carbocycles. The molecule has 7 nitrogen and oxygen atoms in total. The predicted molar refractivity (Wildman–Crippen MR) is 125 cm³/mol. The monoisotopic (exact) mass is 491 g/mol. The summed E-state index contributed by atoms with van der Waals surface area (Å²) in [6.45, 7) is 4.14. The van der Waals surface area contributed by atoms with E-state index < -0.39 is 11.9 Å². The molecule has 1 aromatic carbocycles. The van der Waals surface area contributed by atoms with E-state index in [0.717, 1.165) is 37.1 Å². The number of hydrogen-bond acceptors (Lipinski definition) is 6. The minimum absolute atomic E-state index is 0.0393. The third kappa shape index (κ3) is 4.11. The van der Waals surface area contributed by atoms with Crippen LogP contribution >= 0.6 is 23.2 Å². The Kier molecular flexibility index (Phi) is 6.07. The number of anilines is 1. The number of nitrogens with one attached hydrogen (secondary N) is 1. The summed E-state index contributed by atoms with van der Waals surface area (Å²) in [6, 6.07) is 3.06. The van der Waals surface area contributed by atoms with Gasteiger partial charge in [-0.05, 0) is 45.0 Å². The minimum Gasteiger partial charge on any atom is -0.488 e. The molecule has 3 N–H and O–H groups in total. The predicted octanol–water partition coefficient (Wildman–Crippen LogP) is 4.90. The summed E-state index contributed by atoms with van der Waals surface area (Å²) in [5.41, 5.74) is 8.39. The molecule has 0 aliphatic carbocycles. The van der Waals surface area contributed by atoms with Crippen LogP contribution in [-0.2, 0) is 0 Å². The third-order valence-electron chi connectivity index (χ3n) is 6.30. The summed E-state index contributed by atoms with van der Waals surface area (Å²) in [7, 11) is 0. The van der Waals surface area contributed by atoms with Gasteiger partial charge in [-0.25, -0.2) is 9.37 Å². The van der Waals surface area contributed by atoms with Crippen molar-refractivity contribution in [3.63, 3.8) is 0 Å². The zero-order valence-corrected chi connectivity index (χ0v) is 19.5. The van der Waals surface area contributed by atoms with Crippen molar-refractivity contribution in [3.8, 4) is 11.5 Å².